The molecule has 0 bridgehead atoms. The standard InChI is InChI=1S/C13H13BrN4/c1-8-11(14)5-4-6-12(8)16-13-10(7-15)9(2)17-18(13)3/h4-6,16H,1-3H3. The first-order chi connectivity index (χ1) is 8.54. The minimum atomic E-state index is 0.580. The van der Waals surface area contributed by atoms with Gasteiger partial charge in [-0.1, -0.05) is 22.0 Å². The van der Waals surface area contributed by atoms with E-state index >= 15 is 0 Å². The molecule has 5 heteroatoms. The number of benzene rings is 1. The Hall–Kier alpha value is -1.80. The quantitative estimate of drug-likeness (QED) is 0.925. The van der Waals surface area contributed by atoms with E-state index in [4.69, 9.17) is 5.26 Å². The number of hydrogen-bond donors (Lipinski definition) is 1. The van der Waals surface area contributed by atoms with E-state index in [0.29, 0.717) is 5.56 Å². The van der Waals surface area contributed by atoms with Crippen LogP contribution in [0.2, 0.25) is 0 Å². The minimum absolute atomic E-state index is 0.580. The molecule has 92 valence electrons. The molecule has 0 amide bonds. The summed E-state index contributed by atoms with van der Waals surface area (Å²) in [5.41, 5.74) is 3.37. The van der Waals surface area contributed by atoms with Crippen molar-refractivity contribution in [3.05, 3.63) is 39.5 Å². The molecule has 0 spiro atoms. The maximum Gasteiger partial charge on any atom is 0.146 e. The predicted octanol–water partition coefficient (Wildman–Crippen LogP) is 3.41. The maximum absolute atomic E-state index is 9.16. The van der Waals surface area contributed by atoms with Crippen molar-refractivity contribution in [2.45, 2.75) is 13.8 Å². The maximum atomic E-state index is 9.16. The molecule has 1 N–H and O–H groups in total. The third-order valence-electron chi connectivity index (χ3n) is 2.85. The SMILES string of the molecule is Cc1nn(C)c(Nc2cccc(Br)c2C)c1C#N. The zero-order chi connectivity index (χ0) is 13.3. The summed E-state index contributed by atoms with van der Waals surface area (Å²) < 4.78 is 2.72. The second-order valence-corrected chi connectivity index (χ2v) is 4.94. The molecule has 0 unspecified atom stereocenters. The lowest BCUT2D eigenvalue weighted by molar-refractivity contribution is 0.765. The van der Waals surface area contributed by atoms with Crippen LogP contribution in [0.3, 0.4) is 0 Å². The van der Waals surface area contributed by atoms with Crippen LogP contribution in [0.5, 0.6) is 0 Å². The van der Waals surface area contributed by atoms with Gasteiger partial charge in [0.15, 0.2) is 0 Å². The fourth-order valence-corrected chi connectivity index (χ4v) is 2.17. The molecule has 0 saturated heterocycles. The molecule has 2 rings (SSSR count). The second kappa shape index (κ2) is 4.83. The average molecular weight is 305 g/mol. The van der Waals surface area contributed by atoms with Crippen molar-refractivity contribution in [2.75, 3.05) is 5.32 Å². The molecule has 1 aromatic heterocycles. The zero-order valence-corrected chi connectivity index (χ0v) is 12.0. The van der Waals surface area contributed by atoms with Crippen molar-refractivity contribution >= 4 is 27.4 Å². The Balaban J connectivity index is 2.47. The van der Waals surface area contributed by atoms with Crippen LogP contribution >= 0.6 is 15.9 Å². The monoisotopic (exact) mass is 304 g/mol. The smallest absolute Gasteiger partial charge is 0.146 e. The summed E-state index contributed by atoms with van der Waals surface area (Å²) in [6, 6.07) is 8.10. The van der Waals surface area contributed by atoms with Gasteiger partial charge in [-0.3, -0.25) is 4.68 Å². The van der Waals surface area contributed by atoms with Crippen LogP contribution in [-0.2, 0) is 7.05 Å². The van der Waals surface area contributed by atoms with Crippen LogP contribution in [0.4, 0.5) is 11.5 Å². The van der Waals surface area contributed by atoms with Crippen LogP contribution in [0.1, 0.15) is 16.8 Å². The first kappa shape index (κ1) is 12.7. The van der Waals surface area contributed by atoms with E-state index in [2.05, 4.69) is 32.4 Å². The van der Waals surface area contributed by atoms with Crippen molar-refractivity contribution in [1.82, 2.24) is 9.78 Å². The van der Waals surface area contributed by atoms with Crippen molar-refractivity contribution in [3.63, 3.8) is 0 Å². The summed E-state index contributed by atoms with van der Waals surface area (Å²) in [7, 11) is 1.82. The van der Waals surface area contributed by atoms with Gasteiger partial charge in [0.2, 0.25) is 0 Å². The lowest BCUT2D eigenvalue weighted by atomic mass is 10.2. The van der Waals surface area contributed by atoms with E-state index in [-0.39, 0.29) is 0 Å². The number of hydrogen-bond acceptors (Lipinski definition) is 3. The number of halogens is 1. The molecule has 1 aromatic carbocycles. The molecule has 0 radical (unpaired) electrons. The Bertz CT molecular complexity index is 637. The highest BCUT2D eigenvalue weighted by Crippen LogP contribution is 2.28. The van der Waals surface area contributed by atoms with E-state index in [1.54, 1.807) is 4.68 Å². The van der Waals surface area contributed by atoms with E-state index in [1.165, 1.54) is 0 Å². The summed E-state index contributed by atoms with van der Waals surface area (Å²) in [4.78, 5) is 0. The first-order valence-corrected chi connectivity index (χ1v) is 6.29. The molecule has 0 atom stereocenters. The summed E-state index contributed by atoms with van der Waals surface area (Å²) in [6.45, 7) is 3.85. The minimum Gasteiger partial charge on any atom is -0.339 e. The van der Waals surface area contributed by atoms with Gasteiger partial charge in [-0.05, 0) is 31.5 Å². The highest BCUT2D eigenvalue weighted by atomic mass is 79.9. The van der Waals surface area contributed by atoms with Gasteiger partial charge in [0.05, 0.1) is 5.69 Å². The van der Waals surface area contributed by atoms with Gasteiger partial charge in [0.25, 0.3) is 0 Å². The number of nitrogens with one attached hydrogen (secondary N) is 1. The van der Waals surface area contributed by atoms with Gasteiger partial charge in [-0.2, -0.15) is 10.4 Å². The average Bonchev–Trinajstić information content (AvgIpc) is 2.59. The Morgan fingerprint density at radius 3 is 2.78 bits per heavy atom. The Morgan fingerprint density at radius 2 is 2.11 bits per heavy atom. The molecule has 2 aromatic rings. The first-order valence-electron chi connectivity index (χ1n) is 5.50. The fraction of sp³-hybridized carbons (Fsp3) is 0.231. The number of nitriles is 1. The highest BCUT2D eigenvalue weighted by Gasteiger charge is 2.13. The molecule has 4 nitrogen and oxygen atoms in total. The van der Waals surface area contributed by atoms with Crippen LogP contribution in [0.25, 0.3) is 0 Å². The van der Waals surface area contributed by atoms with E-state index in [9.17, 15) is 0 Å². The van der Waals surface area contributed by atoms with Crippen LogP contribution in [-0.4, -0.2) is 9.78 Å². The number of nitrogens with zero attached hydrogens (tertiary/aromatic N) is 3. The zero-order valence-electron chi connectivity index (χ0n) is 10.5. The van der Waals surface area contributed by atoms with Crippen molar-refractivity contribution < 1.29 is 0 Å². The van der Waals surface area contributed by atoms with Gasteiger partial charge in [0, 0.05) is 17.2 Å². The molecular formula is C13H13BrN4. The summed E-state index contributed by atoms with van der Waals surface area (Å²) in [5.74, 6) is 0.719. The van der Waals surface area contributed by atoms with E-state index in [1.807, 2.05) is 39.1 Å². The Labute approximate surface area is 114 Å². The lowest BCUT2D eigenvalue weighted by Crippen LogP contribution is -2.01. The number of aromatic nitrogens is 2. The predicted molar refractivity (Wildman–Crippen MR) is 74.8 cm³/mol. The summed E-state index contributed by atoms with van der Waals surface area (Å²) in [6.07, 6.45) is 0. The lowest BCUT2D eigenvalue weighted by Gasteiger charge is -2.11. The molecule has 0 saturated carbocycles. The van der Waals surface area contributed by atoms with Gasteiger partial charge in [-0.25, -0.2) is 0 Å². The molecule has 18 heavy (non-hydrogen) atoms. The molecule has 0 aliphatic rings. The molecule has 0 aliphatic carbocycles. The van der Waals surface area contributed by atoms with Crippen LogP contribution in [0, 0.1) is 25.2 Å². The van der Waals surface area contributed by atoms with Crippen molar-refractivity contribution in [2.24, 2.45) is 7.05 Å². The fourth-order valence-electron chi connectivity index (χ4n) is 1.81. The molecular weight excluding hydrogens is 292 g/mol. The van der Waals surface area contributed by atoms with Gasteiger partial charge >= 0.3 is 0 Å². The third-order valence-corrected chi connectivity index (χ3v) is 3.71. The van der Waals surface area contributed by atoms with E-state index < -0.39 is 0 Å². The Kier molecular flexibility index (Phi) is 3.39. The third kappa shape index (κ3) is 2.12. The van der Waals surface area contributed by atoms with Gasteiger partial charge in [-0.15, -0.1) is 0 Å². The molecule has 1 heterocycles. The van der Waals surface area contributed by atoms with Crippen molar-refractivity contribution in [1.29, 1.82) is 5.26 Å². The number of rotatable bonds is 2. The summed E-state index contributed by atoms with van der Waals surface area (Å²) >= 11 is 3.49. The van der Waals surface area contributed by atoms with E-state index in [0.717, 1.165) is 27.2 Å². The largest absolute Gasteiger partial charge is 0.339 e. The number of anilines is 2. The summed E-state index contributed by atoms with van der Waals surface area (Å²) in [5, 5.41) is 16.7. The Morgan fingerprint density at radius 1 is 1.39 bits per heavy atom. The highest BCUT2D eigenvalue weighted by molar-refractivity contribution is 9.10. The normalized spacial score (nSPS) is 10.2. The van der Waals surface area contributed by atoms with Gasteiger partial charge in [0.1, 0.15) is 17.5 Å². The number of aryl methyl sites for hydroxylation is 2. The van der Waals surface area contributed by atoms with Crippen LogP contribution in [0.15, 0.2) is 22.7 Å². The second-order valence-electron chi connectivity index (χ2n) is 4.08. The molecule has 0 fully saturated rings. The topological polar surface area (TPSA) is 53.6 Å². The van der Waals surface area contributed by atoms with Crippen LogP contribution < -0.4 is 5.32 Å². The molecule has 0 aliphatic heterocycles. The van der Waals surface area contributed by atoms with Gasteiger partial charge < -0.3 is 5.32 Å². The van der Waals surface area contributed by atoms with Crippen molar-refractivity contribution in [3.8, 4) is 6.07 Å².